The van der Waals surface area contributed by atoms with Gasteiger partial charge in [0.2, 0.25) is 5.91 Å². The number of piperidine rings is 1. The molecule has 3 aromatic heterocycles. The number of rotatable bonds is 7. The van der Waals surface area contributed by atoms with Crippen LogP contribution in [0.1, 0.15) is 75.0 Å². The van der Waals surface area contributed by atoms with Gasteiger partial charge in [-0.05, 0) is 74.7 Å². The maximum Gasteiger partial charge on any atom is 0.275 e. The van der Waals surface area contributed by atoms with E-state index < -0.39 is 6.04 Å². The maximum atomic E-state index is 13.2. The lowest BCUT2D eigenvalue weighted by atomic mass is 9.95. The van der Waals surface area contributed by atoms with E-state index in [1.54, 1.807) is 35.5 Å². The van der Waals surface area contributed by atoms with Gasteiger partial charge in [-0.15, -0.1) is 0 Å². The molecule has 0 spiro atoms. The van der Waals surface area contributed by atoms with Crippen LogP contribution in [0.2, 0.25) is 0 Å². The number of carbonyl (C=O) groups excluding carboxylic acids is 4. The lowest BCUT2D eigenvalue weighted by Gasteiger charge is -2.32. The molecule has 0 radical (unpaired) electrons. The quantitative estimate of drug-likeness (QED) is 0.210. The van der Waals surface area contributed by atoms with Gasteiger partial charge in [-0.25, -0.2) is 4.98 Å². The predicted molar refractivity (Wildman–Crippen MR) is 175 cm³/mol. The first-order chi connectivity index (χ1) is 22.9. The highest BCUT2D eigenvalue weighted by Gasteiger charge is 2.40. The summed E-state index contributed by atoms with van der Waals surface area (Å²) in [5.74, 6) is 5.77. The summed E-state index contributed by atoms with van der Waals surface area (Å²) < 4.78 is 0. The number of anilines is 1. The summed E-state index contributed by atoms with van der Waals surface area (Å²) in [6.07, 6.45) is 8.11. The topological polar surface area (TPSA) is 140 Å². The minimum atomic E-state index is -0.673. The van der Waals surface area contributed by atoms with Crippen LogP contribution in [0.4, 0.5) is 5.82 Å². The molecule has 3 atom stereocenters. The first-order valence-corrected chi connectivity index (χ1v) is 16.0. The van der Waals surface area contributed by atoms with Crippen molar-refractivity contribution in [2.75, 3.05) is 25.5 Å². The van der Waals surface area contributed by atoms with Gasteiger partial charge in [-0.2, -0.15) is 0 Å². The molecule has 3 amide bonds. The molecule has 3 N–H and O–H groups in total. The first-order valence-electron chi connectivity index (χ1n) is 16.0. The highest BCUT2D eigenvalue weighted by atomic mass is 16.2. The van der Waals surface area contributed by atoms with Crippen LogP contribution in [0.3, 0.4) is 0 Å². The summed E-state index contributed by atoms with van der Waals surface area (Å²) in [6.45, 7) is 1.67. The zero-order valence-corrected chi connectivity index (χ0v) is 26.1. The minimum Gasteiger partial charge on any atom is -0.357 e. The molecule has 0 bridgehead atoms. The number of aldehydes is 1. The van der Waals surface area contributed by atoms with Crippen LogP contribution in [-0.2, 0) is 22.6 Å². The summed E-state index contributed by atoms with van der Waals surface area (Å²) in [5, 5.41) is 6.61. The zero-order chi connectivity index (χ0) is 32.5. The van der Waals surface area contributed by atoms with Crippen LogP contribution in [0.5, 0.6) is 0 Å². The number of hydrogen-bond acceptors (Lipinski definition) is 7. The third-order valence-corrected chi connectivity index (χ3v) is 9.40. The van der Waals surface area contributed by atoms with Crippen molar-refractivity contribution in [2.24, 2.45) is 5.92 Å². The summed E-state index contributed by atoms with van der Waals surface area (Å²) in [6, 6.07) is 12.7. The van der Waals surface area contributed by atoms with Crippen LogP contribution in [0.15, 0.2) is 54.9 Å². The highest BCUT2D eigenvalue weighted by Crippen LogP contribution is 2.32. The molecule has 0 saturated carbocycles. The van der Waals surface area contributed by atoms with Crippen molar-refractivity contribution in [2.45, 2.75) is 50.7 Å². The standard InChI is InChI=1S/C36H35N7O4/c1-42-13-5-10-31(42)30-15-25-19-38-33(16-29(25)40-30)41-34(45)28-12-11-22(17-37-28)6-2-3-7-24-8-4-9-26-27(24)20-43(36(26)47)32-14-23(21-44)18-39-35(32)46/h4,8-9,11-12,15-17,19,21,23,31-32,40H,2,5-6,10,13-14,18,20H2,1H3,(H,39,46)(H,38,41,45)/t23?,31-,32?/m1/s1. The number of amides is 3. The predicted octanol–water partition coefficient (Wildman–Crippen LogP) is 3.62. The molecule has 11 heteroatoms. The van der Waals surface area contributed by atoms with Gasteiger partial charge in [0.1, 0.15) is 23.8 Å². The monoisotopic (exact) mass is 629 g/mol. The third-order valence-electron chi connectivity index (χ3n) is 9.40. The van der Waals surface area contributed by atoms with Crippen molar-refractivity contribution in [3.05, 3.63) is 88.5 Å². The Bertz CT molecular complexity index is 1940. The van der Waals surface area contributed by atoms with E-state index in [9.17, 15) is 19.2 Å². The van der Waals surface area contributed by atoms with Gasteiger partial charge in [0.25, 0.3) is 11.8 Å². The third kappa shape index (κ3) is 6.12. The fourth-order valence-electron chi connectivity index (χ4n) is 6.77. The minimum absolute atomic E-state index is 0.215. The zero-order valence-electron chi connectivity index (χ0n) is 26.1. The average molecular weight is 630 g/mol. The molecular weight excluding hydrogens is 594 g/mol. The number of hydrogen-bond donors (Lipinski definition) is 3. The van der Waals surface area contributed by atoms with Crippen LogP contribution in [0.25, 0.3) is 10.9 Å². The van der Waals surface area contributed by atoms with Crippen molar-refractivity contribution in [1.82, 2.24) is 30.1 Å². The van der Waals surface area contributed by atoms with E-state index in [-0.39, 0.29) is 30.2 Å². The number of aryl methyl sites for hydroxylation is 1. The lowest BCUT2D eigenvalue weighted by molar-refractivity contribution is -0.129. The second-order valence-electron chi connectivity index (χ2n) is 12.5. The van der Waals surface area contributed by atoms with Gasteiger partial charge < -0.3 is 25.3 Å². The number of aromatic nitrogens is 3. The molecule has 0 aliphatic carbocycles. The van der Waals surface area contributed by atoms with E-state index in [2.05, 4.69) is 55.4 Å². The maximum absolute atomic E-state index is 13.2. The average Bonchev–Trinajstić information content (AvgIpc) is 3.80. The SMILES string of the molecule is CN1CCC[C@@H]1c1cc2cnc(NC(=O)c3ccc(CCC#Cc4cccc5c4CN(C4CC(C=O)CNC4=O)C5=O)cn3)cc2[nH]1. The lowest BCUT2D eigenvalue weighted by Crippen LogP contribution is -2.53. The van der Waals surface area contributed by atoms with Crippen molar-refractivity contribution < 1.29 is 19.2 Å². The van der Waals surface area contributed by atoms with E-state index in [1.165, 1.54) is 12.1 Å². The van der Waals surface area contributed by atoms with Gasteiger partial charge >= 0.3 is 0 Å². The molecule has 2 fully saturated rings. The number of aromatic amines is 1. The summed E-state index contributed by atoms with van der Waals surface area (Å²) >= 11 is 0. The van der Waals surface area contributed by atoms with Crippen molar-refractivity contribution in [3.63, 3.8) is 0 Å². The Morgan fingerprint density at radius 3 is 2.81 bits per heavy atom. The molecule has 2 unspecified atom stereocenters. The molecule has 6 heterocycles. The van der Waals surface area contributed by atoms with E-state index in [4.69, 9.17) is 0 Å². The van der Waals surface area contributed by atoms with Crippen LogP contribution in [-0.4, -0.2) is 74.9 Å². The van der Waals surface area contributed by atoms with Crippen LogP contribution >= 0.6 is 0 Å². The Kier molecular flexibility index (Phi) is 8.26. The van der Waals surface area contributed by atoms with Crippen molar-refractivity contribution in [1.29, 1.82) is 0 Å². The van der Waals surface area contributed by atoms with Crippen molar-refractivity contribution >= 4 is 40.7 Å². The number of fused-ring (bicyclic) bond motifs is 2. The van der Waals surface area contributed by atoms with Gasteiger partial charge in [0.15, 0.2) is 0 Å². The summed E-state index contributed by atoms with van der Waals surface area (Å²) in [5.41, 5.74) is 5.43. The van der Waals surface area contributed by atoms with Crippen LogP contribution in [0, 0.1) is 17.8 Å². The van der Waals surface area contributed by atoms with E-state index in [0.717, 1.165) is 46.8 Å². The smallest absolute Gasteiger partial charge is 0.275 e. The molecule has 3 aliphatic heterocycles. The second kappa shape index (κ2) is 12.8. The Hall–Kier alpha value is -5.34. The molecular formula is C36H35N7O4. The summed E-state index contributed by atoms with van der Waals surface area (Å²) in [7, 11) is 2.14. The fourth-order valence-corrected chi connectivity index (χ4v) is 6.77. The number of pyridine rings is 2. The van der Waals surface area contributed by atoms with Crippen molar-refractivity contribution in [3.8, 4) is 11.8 Å². The van der Waals surface area contributed by atoms with Crippen LogP contribution < -0.4 is 10.6 Å². The number of likely N-dealkylation sites (tertiary alicyclic amines) is 1. The molecule has 7 rings (SSSR count). The molecule has 4 aromatic rings. The highest BCUT2D eigenvalue weighted by molar-refractivity contribution is 6.03. The first kappa shape index (κ1) is 30.3. The number of benzene rings is 1. The molecule has 2 saturated heterocycles. The van der Waals surface area contributed by atoms with Gasteiger partial charge in [-0.1, -0.05) is 24.0 Å². The number of carbonyl (C=O) groups is 4. The van der Waals surface area contributed by atoms with Gasteiger partial charge in [0.05, 0.1) is 5.52 Å². The van der Waals surface area contributed by atoms with E-state index >= 15 is 0 Å². The Morgan fingerprint density at radius 2 is 2.02 bits per heavy atom. The summed E-state index contributed by atoms with van der Waals surface area (Å²) in [4.78, 5) is 66.1. The molecule has 238 valence electrons. The van der Waals surface area contributed by atoms with Gasteiger partial charge in [-0.3, -0.25) is 24.3 Å². The Balaban J connectivity index is 0.952. The molecule has 3 aliphatic rings. The fraction of sp³-hybridized carbons (Fsp3) is 0.333. The number of nitrogens with zero attached hydrogens (tertiary/aromatic N) is 4. The number of H-pyrrole nitrogens is 1. The molecule has 11 nitrogen and oxygen atoms in total. The molecule has 1 aromatic carbocycles. The van der Waals surface area contributed by atoms with E-state index in [1.807, 2.05) is 18.2 Å². The van der Waals surface area contributed by atoms with Gasteiger partial charge in [0, 0.05) is 72.1 Å². The normalized spacial score (nSPS) is 20.9. The molecule has 47 heavy (non-hydrogen) atoms. The number of nitrogens with one attached hydrogen (secondary N) is 3. The second-order valence-corrected chi connectivity index (χ2v) is 12.5. The largest absolute Gasteiger partial charge is 0.357 e. The van der Waals surface area contributed by atoms with E-state index in [0.29, 0.717) is 48.9 Å². The Morgan fingerprint density at radius 1 is 1.13 bits per heavy atom. The Labute approximate surface area is 272 Å².